The van der Waals surface area contributed by atoms with Crippen LogP contribution in [0.15, 0.2) is 30.4 Å². The minimum Gasteiger partial charge on any atom is -0.462 e. The average Bonchev–Trinajstić information content (AvgIpc) is 3.28. The number of imidazole rings is 1. The minimum absolute atomic E-state index is 0.0966. The molecule has 0 spiro atoms. The highest BCUT2D eigenvalue weighted by atomic mass is 16.5. The third-order valence-electron chi connectivity index (χ3n) is 9.23. The first-order valence-corrected chi connectivity index (χ1v) is 11.3. The van der Waals surface area contributed by atoms with Gasteiger partial charge in [-0.05, 0) is 73.5 Å². The Labute approximate surface area is 168 Å². The summed E-state index contributed by atoms with van der Waals surface area (Å²) in [5.41, 5.74) is 2.30. The lowest BCUT2D eigenvalue weighted by Gasteiger charge is -2.58. The zero-order chi connectivity index (χ0) is 19.5. The Morgan fingerprint density at radius 3 is 2.79 bits per heavy atom. The highest BCUT2D eigenvalue weighted by Crippen LogP contribution is 2.67. The highest BCUT2D eigenvalue weighted by molar-refractivity contribution is 5.66. The molecule has 152 valence electrons. The number of carbonyl (C=O) groups is 1. The molecule has 1 aromatic rings. The van der Waals surface area contributed by atoms with Gasteiger partial charge in [0.15, 0.2) is 0 Å². The maximum absolute atomic E-state index is 11.4. The first-order valence-electron chi connectivity index (χ1n) is 11.3. The summed E-state index contributed by atoms with van der Waals surface area (Å²) in [6.45, 7) is 6.62. The second kappa shape index (κ2) is 6.47. The molecule has 0 amide bonds. The van der Waals surface area contributed by atoms with Crippen LogP contribution < -0.4 is 0 Å². The summed E-state index contributed by atoms with van der Waals surface area (Å²) in [4.78, 5) is 15.7. The van der Waals surface area contributed by atoms with Crippen LogP contribution in [-0.2, 0) is 9.53 Å². The molecule has 3 fully saturated rings. The van der Waals surface area contributed by atoms with E-state index >= 15 is 0 Å². The largest absolute Gasteiger partial charge is 0.462 e. The Balaban J connectivity index is 1.40. The van der Waals surface area contributed by atoms with Gasteiger partial charge in [-0.3, -0.25) is 4.79 Å². The summed E-state index contributed by atoms with van der Waals surface area (Å²) < 4.78 is 7.96. The van der Waals surface area contributed by atoms with Crippen LogP contribution in [0.5, 0.6) is 0 Å². The van der Waals surface area contributed by atoms with E-state index in [0.29, 0.717) is 16.9 Å². The molecule has 3 saturated carbocycles. The van der Waals surface area contributed by atoms with E-state index < -0.39 is 0 Å². The van der Waals surface area contributed by atoms with Crippen molar-refractivity contribution in [1.29, 1.82) is 0 Å². The Morgan fingerprint density at radius 2 is 2.04 bits per heavy atom. The molecular weight excluding hydrogens is 348 g/mol. The van der Waals surface area contributed by atoms with E-state index in [0.717, 1.165) is 30.6 Å². The van der Waals surface area contributed by atoms with Crippen LogP contribution in [0.1, 0.15) is 78.2 Å². The van der Waals surface area contributed by atoms with Crippen molar-refractivity contribution in [3.8, 4) is 0 Å². The molecule has 0 N–H and O–H groups in total. The van der Waals surface area contributed by atoms with Gasteiger partial charge in [-0.15, -0.1) is 0 Å². The summed E-state index contributed by atoms with van der Waals surface area (Å²) in [6.07, 6.45) is 18.5. The summed E-state index contributed by atoms with van der Waals surface area (Å²) in [6, 6.07) is 0.610. The van der Waals surface area contributed by atoms with Gasteiger partial charge in [0, 0.05) is 31.8 Å². The standard InChI is InChI=1S/C24H34N2O2/c1-16(27)28-18-8-10-23(2)17(14-18)4-5-19-20-6-7-22(26-13-12-25-15-26)24(20,3)11-9-21(19)23/h4,12-13,15,18-22H,5-11,14H2,1-3H3/t18-,19?,20?,21?,22-,23-,24-/m0/s1. The van der Waals surface area contributed by atoms with Crippen LogP contribution in [0.25, 0.3) is 0 Å². The number of esters is 1. The van der Waals surface area contributed by atoms with E-state index in [1.165, 1.54) is 45.4 Å². The maximum atomic E-state index is 11.4. The molecule has 0 aromatic carbocycles. The zero-order valence-corrected chi connectivity index (χ0v) is 17.6. The second-order valence-electron chi connectivity index (χ2n) is 10.4. The number of carbonyl (C=O) groups excluding carboxylic acids is 1. The van der Waals surface area contributed by atoms with Gasteiger partial charge in [0.05, 0.1) is 6.33 Å². The SMILES string of the molecule is CC(=O)O[C@H]1CC[C@@]2(C)C(=CCC3C2CC[C@@]2(C)C3CC[C@@H]2n2ccnc2)C1. The number of nitrogens with zero attached hydrogens (tertiary/aromatic N) is 2. The molecule has 4 aliphatic rings. The summed E-state index contributed by atoms with van der Waals surface area (Å²) in [5, 5.41) is 0. The van der Waals surface area contributed by atoms with E-state index in [1.807, 2.05) is 12.5 Å². The summed E-state index contributed by atoms with van der Waals surface area (Å²) in [7, 11) is 0. The number of rotatable bonds is 2. The smallest absolute Gasteiger partial charge is 0.302 e. The van der Waals surface area contributed by atoms with E-state index in [4.69, 9.17) is 4.74 Å². The first-order chi connectivity index (χ1) is 13.4. The first kappa shape index (κ1) is 18.4. The summed E-state index contributed by atoms with van der Waals surface area (Å²) in [5.74, 6) is 2.30. The maximum Gasteiger partial charge on any atom is 0.302 e. The number of allylic oxidation sites excluding steroid dienone is 1. The van der Waals surface area contributed by atoms with Crippen molar-refractivity contribution in [3.05, 3.63) is 30.4 Å². The van der Waals surface area contributed by atoms with Crippen LogP contribution in [-0.4, -0.2) is 21.6 Å². The molecule has 0 aliphatic heterocycles. The average molecular weight is 383 g/mol. The molecule has 0 saturated heterocycles. The van der Waals surface area contributed by atoms with Gasteiger partial charge in [-0.1, -0.05) is 25.5 Å². The van der Waals surface area contributed by atoms with Crippen molar-refractivity contribution in [2.24, 2.45) is 28.6 Å². The van der Waals surface area contributed by atoms with E-state index in [1.54, 1.807) is 5.57 Å². The molecule has 5 rings (SSSR count). The van der Waals surface area contributed by atoms with Crippen LogP contribution >= 0.6 is 0 Å². The van der Waals surface area contributed by atoms with Gasteiger partial charge < -0.3 is 9.30 Å². The van der Waals surface area contributed by atoms with Crippen molar-refractivity contribution >= 4 is 5.97 Å². The number of fused-ring (bicyclic) bond motifs is 5. The van der Waals surface area contributed by atoms with Crippen LogP contribution in [0.3, 0.4) is 0 Å². The van der Waals surface area contributed by atoms with Crippen molar-refractivity contribution < 1.29 is 9.53 Å². The zero-order valence-electron chi connectivity index (χ0n) is 17.6. The fourth-order valence-corrected chi connectivity index (χ4v) is 7.88. The number of hydrogen-bond acceptors (Lipinski definition) is 3. The minimum atomic E-state index is -0.132. The lowest BCUT2D eigenvalue weighted by atomic mass is 9.48. The summed E-state index contributed by atoms with van der Waals surface area (Å²) >= 11 is 0. The Bertz CT molecular complexity index is 785. The van der Waals surface area contributed by atoms with Crippen LogP contribution in [0.2, 0.25) is 0 Å². The Hall–Kier alpha value is -1.58. The Morgan fingerprint density at radius 1 is 1.18 bits per heavy atom. The Kier molecular flexibility index (Phi) is 4.26. The molecule has 4 nitrogen and oxygen atoms in total. The monoisotopic (exact) mass is 382 g/mol. The van der Waals surface area contributed by atoms with Crippen molar-refractivity contribution in [2.45, 2.75) is 84.3 Å². The van der Waals surface area contributed by atoms with E-state index in [9.17, 15) is 4.79 Å². The van der Waals surface area contributed by atoms with Gasteiger partial charge in [0.2, 0.25) is 0 Å². The molecule has 7 atom stereocenters. The van der Waals surface area contributed by atoms with Gasteiger partial charge in [0.25, 0.3) is 0 Å². The van der Waals surface area contributed by atoms with Gasteiger partial charge in [-0.25, -0.2) is 4.98 Å². The van der Waals surface area contributed by atoms with Gasteiger partial charge in [0.1, 0.15) is 6.10 Å². The van der Waals surface area contributed by atoms with Crippen LogP contribution in [0.4, 0.5) is 0 Å². The molecule has 4 heteroatoms. The molecule has 4 aliphatic carbocycles. The van der Waals surface area contributed by atoms with Crippen molar-refractivity contribution in [2.75, 3.05) is 0 Å². The second-order valence-corrected chi connectivity index (χ2v) is 10.4. The third kappa shape index (κ3) is 2.63. The van der Waals surface area contributed by atoms with Crippen LogP contribution in [0, 0.1) is 28.6 Å². The van der Waals surface area contributed by atoms with Crippen molar-refractivity contribution in [3.63, 3.8) is 0 Å². The van der Waals surface area contributed by atoms with E-state index in [2.05, 4.69) is 35.7 Å². The highest BCUT2D eigenvalue weighted by Gasteiger charge is 2.59. The van der Waals surface area contributed by atoms with Gasteiger partial charge in [-0.2, -0.15) is 0 Å². The quantitative estimate of drug-likeness (QED) is 0.514. The van der Waals surface area contributed by atoms with Crippen molar-refractivity contribution in [1.82, 2.24) is 9.55 Å². The molecule has 1 heterocycles. The molecule has 0 radical (unpaired) electrons. The predicted molar refractivity (Wildman–Crippen MR) is 109 cm³/mol. The number of aromatic nitrogens is 2. The topological polar surface area (TPSA) is 44.1 Å². The molecule has 0 bridgehead atoms. The molecule has 28 heavy (non-hydrogen) atoms. The molecule has 1 aromatic heterocycles. The normalized spacial score (nSPS) is 44.8. The predicted octanol–water partition coefficient (Wildman–Crippen LogP) is 5.32. The molecule has 3 unspecified atom stereocenters. The lowest BCUT2D eigenvalue weighted by molar-refractivity contribution is -0.148. The third-order valence-corrected chi connectivity index (χ3v) is 9.23. The fraction of sp³-hybridized carbons (Fsp3) is 0.750. The van der Waals surface area contributed by atoms with E-state index in [-0.39, 0.29) is 12.1 Å². The van der Waals surface area contributed by atoms with Gasteiger partial charge >= 0.3 is 5.97 Å². The number of hydrogen-bond donors (Lipinski definition) is 0. The number of ether oxygens (including phenoxy) is 1. The lowest BCUT2D eigenvalue weighted by Crippen LogP contribution is -2.50. The molecular formula is C24H34N2O2. The fourth-order valence-electron chi connectivity index (χ4n) is 7.88.